The first-order chi connectivity index (χ1) is 20.2. The zero-order valence-corrected chi connectivity index (χ0v) is 23.2. The topological polar surface area (TPSA) is 17.8 Å². The number of para-hydroxylation sites is 2. The van der Waals surface area contributed by atoms with Gasteiger partial charge in [0.1, 0.15) is 0 Å². The van der Waals surface area contributed by atoms with E-state index >= 15 is 0 Å². The zero-order chi connectivity index (χ0) is 27.1. The van der Waals surface area contributed by atoms with Crippen LogP contribution in [0, 0.1) is 6.92 Å². The van der Waals surface area contributed by atoms with E-state index in [1.165, 1.54) is 80.5 Å². The van der Waals surface area contributed by atoms with Crippen LogP contribution in [0.3, 0.4) is 0 Å². The molecule has 192 valence electrons. The molecule has 0 fully saturated rings. The fourth-order valence-corrected chi connectivity index (χ4v) is 7.70. The normalized spacial score (nSPS) is 12.0. The zero-order valence-electron chi connectivity index (χ0n) is 22.4. The summed E-state index contributed by atoms with van der Waals surface area (Å²) in [5.74, 6) is 0. The van der Waals surface area contributed by atoms with Gasteiger partial charge in [0.15, 0.2) is 0 Å². The molecular weight excluding hydrogens is 516 g/mol. The van der Waals surface area contributed by atoms with Crippen LogP contribution in [0.4, 0.5) is 0 Å². The highest BCUT2D eigenvalue weighted by atomic mass is 32.1. The Bertz CT molecular complexity index is 2480. The van der Waals surface area contributed by atoms with Crippen molar-refractivity contribution in [1.82, 2.24) is 9.55 Å². The van der Waals surface area contributed by atoms with Crippen molar-refractivity contribution in [3.8, 4) is 16.8 Å². The number of benzene rings is 6. The summed E-state index contributed by atoms with van der Waals surface area (Å²) in [5.41, 5.74) is 8.28. The van der Waals surface area contributed by atoms with Crippen molar-refractivity contribution in [2.24, 2.45) is 0 Å². The second kappa shape index (κ2) is 8.50. The molecule has 0 aliphatic heterocycles. The summed E-state index contributed by atoms with van der Waals surface area (Å²) in [4.78, 5) is 5.02. The van der Waals surface area contributed by atoms with Crippen molar-refractivity contribution < 1.29 is 0 Å². The third-order valence-corrected chi connectivity index (χ3v) is 9.55. The van der Waals surface area contributed by atoms with Crippen LogP contribution < -0.4 is 0 Å². The van der Waals surface area contributed by atoms with Gasteiger partial charge in [-0.1, -0.05) is 60.7 Å². The molecule has 9 aromatic rings. The summed E-state index contributed by atoms with van der Waals surface area (Å²) >= 11 is 1.87. The van der Waals surface area contributed by atoms with Crippen LogP contribution in [-0.4, -0.2) is 9.55 Å². The van der Waals surface area contributed by atoms with Gasteiger partial charge < -0.3 is 4.57 Å². The Balaban J connectivity index is 1.36. The second-order valence-electron chi connectivity index (χ2n) is 10.9. The molecule has 3 heteroatoms. The van der Waals surface area contributed by atoms with Crippen molar-refractivity contribution in [1.29, 1.82) is 0 Å². The van der Waals surface area contributed by atoms with Gasteiger partial charge in [-0.2, -0.15) is 0 Å². The molecule has 0 amide bonds. The maximum atomic E-state index is 5.02. The number of hydrogen-bond donors (Lipinski definition) is 0. The van der Waals surface area contributed by atoms with Gasteiger partial charge in [-0.25, -0.2) is 0 Å². The molecule has 41 heavy (non-hydrogen) atoms. The maximum Gasteiger partial charge on any atom is 0.0786 e. The molecular formula is C38H24N2S. The van der Waals surface area contributed by atoms with E-state index in [0.29, 0.717) is 0 Å². The van der Waals surface area contributed by atoms with E-state index in [4.69, 9.17) is 4.98 Å². The van der Waals surface area contributed by atoms with Crippen LogP contribution in [0.1, 0.15) is 5.56 Å². The van der Waals surface area contributed by atoms with Crippen molar-refractivity contribution in [2.75, 3.05) is 0 Å². The number of hydrogen-bond acceptors (Lipinski definition) is 2. The average Bonchev–Trinajstić information content (AvgIpc) is 3.55. The monoisotopic (exact) mass is 540 g/mol. The lowest BCUT2D eigenvalue weighted by atomic mass is 9.93. The fourth-order valence-electron chi connectivity index (χ4n) is 6.57. The van der Waals surface area contributed by atoms with E-state index in [1.807, 2.05) is 17.5 Å². The number of aromatic nitrogens is 2. The molecule has 0 aliphatic rings. The molecule has 0 saturated heterocycles. The van der Waals surface area contributed by atoms with Gasteiger partial charge in [0.2, 0.25) is 0 Å². The summed E-state index contributed by atoms with van der Waals surface area (Å²) in [6.45, 7) is 2.13. The van der Waals surface area contributed by atoms with E-state index in [2.05, 4.69) is 133 Å². The van der Waals surface area contributed by atoms with Gasteiger partial charge in [-0.3, -0.25) is 4.98 Å². The number of fused-ring (bicyclic) bond motifs is 9. The average molecular weight is 541 g/mol. The molecule has 0 N–H and O–H groups in total. The van der Waals surface area contributed by atoms with E-state index in [9.17, 15) is 0 Å². The number of aryl methyl sites for hydroxylation is 1. The van der Waals surface area contributed by atoms with Gasteiger partial charge in [0.05, 0.1) is 16.6 Å². The summed E-state index contributed by atoms with van der Waals surface area (Å²) in [7, 11) is 0. The van der Waals surface area contributed by atoms with Crippen LogP contribution in [0.5, 0.6) is 0 Å². The molecule has 6 aromatic carbocycles. The Morgan fingerprint density at radius 3 is 2.24 bits per heavy atom. The minimum Gasteiger partial charge on any atom is -0.309 e. The Kier molecular flexibility index (Phi) is 4.73. The molecule has 3 heterocycles. The number of nitrogens with zero attached hydrogens (tertiary/aromatic N) is 2. The van der Waals surface area contributed by atoms with Crippen molar-refractivity contribution in [3.05, 3.63) is 133 Å². The highest BCUT2D eigenvalue weighted by Gasteiger charge is 2.16. The standard InChI is InChI=1S/C38H24N2S/c1-23-17-33-29(19-25-20-37-32(21-30(25)38(33)39-22-23)28-12-6-8-14-36(28)41-37)24-15-16-35-31(18-24)27-11-5-7-13-34(27)40(35)26-9-3-2-4-10-26/h2-22H,1H3. The minimum absolute atomic E-state index is 1.06. The highest BCUT2D eigenvalue weighted by Crippen LogP contribution is 2.42. The highest BCUT2D eigenvalue weighted by molar-refractivity contribution is 7.25. The molecule has 9 rings (SSSR count). The van der Waals surface area contributed by atoms with E-state index in [-0.39, 0.29) is 0 Å². The van der Waals surface area contributed by atoms with Crippen molar-refractivity contribution in [3.63, 3.8) is 0 Å². The quantitative estimate of drug-likeness (QED) is 0.199. The number of thiophene rings is 1. The van der Waals surface area contributed by atoms with Gasteiger partial charge in [0.25, 0.3) is 0 Å². The summed E-state index contributed by atoms with van der Waals surface area (Å²) < 4.78 is 5.01. The van der Waals surface area contributed by atoms with Crippen LogP contribution in [-0.2, 0) is 0 Å². The predicted molar refractivity (Wildman–Crippen MR) is 177 cm³/mol. The Morgan fingerprint density at radius 2 is 1.34 bits per heavy atom. The first-order valence-electron chi connectivity index (χ1n) is 14.0. The molecule has 0 atom stereocenters. The predicted octanol–water partition coefficient (Wildman–Crippen LogP) is 10.8. The lowest BCUT2D eigenvalue weighted by Gasteiger charge is -2.12. The van der Waals surface area contributed by atoms with Crippen LogP contribution in [0.25, 0.3) is 80.5 Å². The molecule has 0 aliphatic carbocycles. The van der Waals surface area contributed by atoms with E-state index < -0.39 is 0 Å². The second-order valence-corrected chi connectivity index (χ2v) is 12.0. The van der Waals surface area contributed by atoms with Gasteiger partial charge >= 0.3 is 0 Å². The van der Waals surface area contributed by atoms with Crippen LogP contribution in [0.15, 0.2) is 128 Å². The third-order valence-electron chi connectivity index (χ3n) is 8.42. The van der Waals surface area contributed by atoms with Crippen molar-refractivity contribution in [2.45, 2.75) is 6.92 Å². The smallest absolute Gasteiger partial charge is 0.0786 e. The summed E-state index contributed by atoms with van der Waals surface area (Å²) in [5, 5.41) is 8.79. The Morgan fingerprint density at radius 1 is 0.561 bits per heavy atom. The molecule has 0 saturated carbocycles. The Hall–Kier alpha value is -4.99. The minimum atomic E-state index is 1.06. The van der Waals surface area contributed by atoms with E-state index in [1.54, 1.807) is 0 Å². The first kappa shape index (κ1) is 22.8. The van der Waals surface area contributed by atoms with Gasteiger partial charge in [-0.15, -0.1) is 11.3 Å². The fraction of sp³-hybridized carbons (Fsp3) is 0.0263. The summed E-state index contributed by atoms with van der Waals surface area (Å²) in [6, 6.07) is 44.4. The largest absolute Gasteiger partial charge is 0.309 e. The summed E-state index contributed by atoms with van der Waals surface area (Å²) in [6.07, 6.45) is 2.00. The van der Waals surface area contributed by atoms with Gasteiger partial charge in [-0.05, 0) is 89.7 Å². The number of pyridine rings is 1. The van der Waals surface area contributed by atoms with Gasteiger partial charge in [0, 0.05) is 53.6 Å². The molecule has 0 spiro atoms. The van der Waals surface area contributed by atoms with Crippen LogP contribution in [0.2, 0.25) is 0 Å². The Labute approximate surface area is 240 Å². The maximum absolute atomic E-state index is 5.02. The number of rotatable bonds is 2. The molecule has 0 radical (unpaired) electrons. The third kappa shape index (κ3) is 3.33. The lowest BCUT2D eigenvalue weighted by Crippen LogP contribution is -1.93. The molecule has 2 nitrogen and oxygen atoms in total. The van der Waals surface area contributed by atoms with Crippen LogP contribution >= 0.6 is 11.3 Å². The first-order valence-corrected chi connectivity index (χ1v) is 14.8. The molecule has 0 bridgehead atoms. The lowest BCUT2D eigenvalue weighted by molar-refractivity contribution is 1.18. The molecule has 3 aromatic heterocycles. The van der Waals surface area contributed by atoms with E-state index in [0.717, 1.165) is 5.52 Å². The SMILES string of the molecule is Cc1cnc2c(c1)c(-c1ccc3c(c1)c1ccccc1n3-c1ccccc1)cc1cc3sc4ccccc4c3cc12. The molecule has 0 unspecified atom stereocenters. The van der Waals surface area contributed by atoms with Crippen molar-refractivity contribution >= 4 is 75.0 Å².